The van der Waals surface area contributed by atoms with E-state index in [2.05, 4.69) is 0 Å². The summed E-state index contributed by atoms with van der Waals surface area (Å²) in [6.07, 6.45) is 2.82. The normalized spacial score (nSPS) is 20.9. The number of amides is 2. The highest BCUT2D eigenvalue weighted by Crippen LogP contribution is 2.15. The molecule has 1 aromatic heterocycles. The summed E-state index contributed by atoms with van der Waals surface area (Å²) in [7, 11) is 0. The van der Waals surface area contributed by atoms with E-state index < -0.39 is 0 Å². The molecule has 0 aromatic carbocycles. The molecule has 0 unspecified atom stereocenters. The van der Waals surface area contributed by atoms with Gasteiger partial charge in [0.1, 0.15) is 5.76 Å². The molecule has 1 aromatic rings. The second-order valence-electron chi connectivity index (χ2n) is 6.49. The zero-order valence-electron chi connectivity index (χ0n) is 15.1. The lowest BCUT2D eigenvalue weighted by Gasteiger charge is -2.35. The van der Waals surface area contributed by atoms with Crippen molar-refractivity contribution >= 4 is 11.8 Å². The molecule has 0 spiro atoms. The zero-order valence-corrected chi connectivity index (χ0v) is 15.1. The van der Waals surface area contributed by atoms with Crippen LogP contribution in [0.3, 0.4) is 0 Å². The zero-order chi connectivity index (χ0) is 17.7. The van der Waals surface area contributed by atoms with E-state index in [9.17, 15) is 9.59 Å². The van der Waals surface area contributed by atoms with Crippen molar-refractivity contribution in [2.45, 2.75) is 52.7 Å². The van der Waals surface area contributed by atoms with Crippen LogP contribution in [0.1, 0.15) is 49.7 Å². The lowest BCUT2D eigenvalue weighted by Crippen LogP contribution is -2.49. The van der Waals surface area contributed by atoms with Crippen molar-refractivity contribution < 1.29 is 18.7 Å². The van der Waals surface area contributed by atoms with Crippen LogP contribution in [-0.2, 0) is 9.53 Å². The van der Waals surface area contributed by atoms with E-state index in [1.165, 1.54) is 6.26 Å². The molecule has 1 fully saturated rings. The van der Waals surface area contributed by atoms with Crippen molar-refractivity contribution in [2.24, 2.45) is 0 Å². The van der Waals surface area contributed by atoms with Gasteiger partial charge in [-0.15, -0.1) is 0 Å². The van der Waals surface area contributed by atoms with Gasteiger partial charge in [-0.25, -0.2) is 0 Å². The van der Waals surface area contributed by atoms with Crippen LogP contribution < -0.4 is 0 Å². The largest absolute Gasteiger partial charge is 0.469 e. The number of hydrogen-bond donors (Lipinski definition) is 0. The molecular weight excluding hydrogens is 308 g/mol. The Balaban J connectivity index is 1.94. The van der Waals surface area contributed by atoms with Crippen LogP contribution in [0.2, 0.25) is 0 Å². The molecule has 24 heavy (non-hydrogen) atoms. The summed E-state index contributed by atoms with van der Waals surface area (Å²) in [5.41, 5.74) is 0.574. The Morgan fingerprint density at radius 2 is 1.92 bits per heavy atom. The average Bonchev–Trinajstić information content (AvgIpc) is 2.95. The number of hydrogen-bond acceptors (Lipinski definition) is 4. The van der Waals surface area contributed by atoms with Crippen LogP contribution in [0.4, 0.5) is 0 Å². The topological polar surface area (TPSA) is 63.0 Å². The number of rotatable bonds is 6. The summed E-state index contributed by atoms with van der Waals surface area (Å²) in [6.45, 7) is 10.0. The second-order valence-corrected chi connectivity index (χ2v) is 6.49. The minimum atomic E-state index is -0.0698. The summed E-state index contributed by atoms with van der Waals surface area (Å²) in [4.78, 5) is 28.7. The third-order valence-electron chi connectivity index (χ3n) is 4.24. The van der Waals surface area contributed by atoms with Gasteiger partial charge >= 0.3 is 0 Å². The Morgan fingerprint density at radius 3 is 2.46 bits per heavy atom. The third kappa shape index (κ3) is 4.60. The van der Waals surface area contributed by atoms with Gasteiger partial charge in [-0.3, -0.25) is 9.59 Å². The number of carbonyl (C=O) groups is 2. The van der Waals surface area contributed by atoms with E-state index in [0.29, 0.717) is 43.9 Å². The molecule has 0 N–H and O–H groups in total. The Morgan fingerprint density at radius 1 is 1.25 bits per heavy atom. The predicted octanol–water partition coefficient (Wildman–Crippen LogP) is 2.47. The molecule has 0 radical (unpaired) electrons. The van der Waals surface area contributed by atoms with Gasteiger partial charge in [0.15, 0.2) is 0 Å². The molecule has 1 aliphatic rings. The second kappa shape index (κ2) is 8.33. The lowest BCUT2D eigenvalue weighted by atomic mass is 10.2. The maximum absolute atomic E-state index is 12.6. The number of morpholine rings is 1. The first-order valence-corrected chi connectivity index (χ1v) is 8.69. The first kappa shape index (κ1) is 18.5. The van der Waals surface area contributed by atoms with Crippen molar-refractivity contribution in [3.8, 4) is 0 Å². The first-order valence-electron chi connectivity index (χ1n) is 8.69. The Kier molecular flexibility index (Phi) is 6.43. The smallest absolute Gasteiger partial charge is 0.257 e. The standard InChI is InChI=1S/C18H28N2O4/c1-5-8-19(18(22)16-7-10-23-15(16)4)9-6-17(21)20-11-13(2)24-14(3)12-20/h7,10,13-14H,5-6,8-9,11-12H2,1-4H3/t13-,14+. The van der Waals surface area contributed by atoms with Gasteiger partial charge in [0.25, 0.3) is 5.91 Å². The minimum Gasteiger partial charge on any atom is -0.469 e. The summed E-state index contributed by atoms with van der Waals surface area (Å²) in [5, 5.41) is 0. The van der Waals surface area contributed by atoms with Crippen molar-refractivity contribution in [3.63, 3.8) is 0 Å². The quantitative estimate of drug-likeness (QED) is 0.800. The van der Waals surface area contributed by atoms with Crippen LogP contribution in [0.15, 0.2) is 16.7 Å². The molecule has 6 nitrogen and oxygen atoms in total. The van der Waals surface area contributed by atoms with E-state index in [-0.39, 0.29) is 24.0 Å². The fourth-order valence-electron chi connectivity index (χ4n) is 3.13. The van der Waals surface area contributed by atoms with Crippen molar-refractivity contribution in [1.82, 2.24) is 9.80 Å². The average molecular weight is 336 g/mol. The van der Waals surface area contributed by atoms with Gasteiger partial charge in [0, 0.05) is 32.6 Å². The van der Waals surface area contributed by atoms with Gasteiger partial charge in [-0.1, -0.05) is 6.92 Å². The monoisotopic (exact) mass is 336 g/mol. The van der Waals surface area contributed by atoms with Crippen LogP contribution in [-0.4, -0.2) is 60.0 Å². The fourth-order valence-corrected chi connectivity index (χ4v) is 3.13. The first-order chi connectivity index (χ1) is 11.4. The summed E-state index contributed by atoms with van der Waals surface area (Å²) in [5.74, 6) is 0.623. The Bertz CT molecular complexity index is 559. The molecule has 1 aliphatic heterocycles. The van der Waals surface area contributed by atoms with Gasteiger partial charge < -0.3 is 19.0 Å². The summed E-state index contributed by atoms with van der Waals surface area (Å²) in [6, 6.07) is 1.69. The molecule has 2 rings (SSSR count). The molecule has 2 heterocycles. The summed E-state index contributed by atoms with van der Waals surface area (Å²) >= 11 is 0. The summed E-state index contributed by atoms with van der Waals surface area (Å²) < 4.78 is 10.9. The SMILES string of the molecule is CCCN(CCC(=O)N1C[C@@H](C)O[C@@H](C)C1)C(=O)c1ccoc1C. The maximum atomic E-state index is 12.6. The molecule has 2 amide bonds. The Hall–Kier alpha value is -1.82. The number of ether oxygens (including phenoxy) is 1. The van der Waals surface area contributed by atoms with Gasteiger partial charge in [-0.05, 0) is 33.3 Å². The molecule has 2 atom stereocenters. The van der Waals surface area contributed by atoms with Crippen LogP contribution in [0, 0.1) is 6.92 Å². The molecule has 6 heteroatoms. The van der Waals surface area contributed by atoms with Crippen LogP contribution in [0.25, 0.3) is 0 Å². The maximum Gasteiger partial charge on any atom is 0.257 e. The minimum absolute atomic E-state index is 0.0552. The van der Waals surface area contributed by atoms with Crippen molar-refractivity contribution in [1.29, 1.82) is 0 Å². The highest BCUT2D eigenvalue weighted by atomic mass is 16.5. The van der Waals surface area contributed by atoms with Crippen molar-refractivity contribution in [3.05, 3.63) is 23.7 Å². The number of aryl methyl sites for hydroxylation is 1. The number of furan rings is 1. The molecule has 134 valence electrons. The van der Waals surface area contributed by atoms with Gasteiger partial charge in [0.05, 0.1) is 24.0 Å². The molecule has 0 saturated carbocycles. The van der Waals surface area contributed by atoms with Gasteiger partial charge in [-0.2, -0.15) is 0 Å². The van der Waals surface area contributed by atoms with Gasteiger partial charge in [0.2, 0.25) is 5.91 Å². The third-order valence-corrected chi connectivity index (χ3v) is 4.24. The van der Waals surface area contributed by atoms with Crippen LogP contribution >= 0.6 is 0 Å². The highest BCUT2D eigenvalue weighted by Gasteiger charge is 2.26. The fraction of sp³-hybridized carbons (Fsp3) is 0.667. The van der Waals surface area contributed by atoms with Crippen molar-refractivity contribution in [2.75, 3.05) is 26.2 Å². The van der Waals surface area contributed by atoms with E-state index >= 15 is 0 Å². The molecule has 0 aliphatic carbocycles. The predicted molar refractivity (Wildman–Crippen MR) is 90.8 cm³/mol. The molecule has 0 bridgehead atoms. The Labute approximate surface area is 143 Å². The number of carbonyl (C=O) groups excluding carboxylic acids is 2. The van der Waals surface area contributed by atoms with E-state index in [1.54, 1.807) is 17.9 Å². The van der Waals surface area contributed by atoms with E-state index in [0.717, 1.165) is 6.42 Å². The number of nitrogens with zero attached hydrogens (tertiary/aromatic N) is 2. The molecular formula is C18H28N2O4. The van der Waals surface area contributed by atoms with Crippen LogP contribution in [0.5, 0.6) is 0 Å². The highest BCUT2D eigenvalue weighted by molar-refractivity contribution is 5.95. The lowest BCUT2D eigenvalue weighted by molar-refractivity contribution is -0.143. The van der Waals surface area contributed by atoms with E-state index in [1.807, 2.05) is 25.7 Å². The van der Waals surface area contributed by atoms with E-state index in [4.69, 9.17) is 9.15 Å². The molecule has 1 saturated heterocycles.